The summed E-state index contributed by atoms with van der Waals surface area (Å²) in [6.07, 6.45) is 0. The Bertz CT molecular complexity index is 300. The highest BCUT2D eigenvalue weighted by Gasteiger charge is 2.13. The lowest BCUT2D eigenvalue weighted by atomic mass is 9.85. The van der Waals surface area contributed by atoms with Gasteiger partial charge in [0.1, 0.15) is 5.69 Å². The average Bonchev–Trinajstić information content (AvgIpc) is 2.04. The van der Waals surface area contributed by atoms with Crippen LogP contribution in [0.15, 0.2) is 18.2 Å². The zero-order chi connectivity index (χ0) is 9.14. The van der Waals surface area contributed by atoms with Crippen molar-refractivity contribution in [3.05, 3.63) is 23.9 Å². The van der Waals surface area contributed by atoms with Gasteiger partial charge in [-0.1, -0.05) is 6.07 Å². The number of carbonyl (C=O) groups is 1. The maximum absolute atomic E-state index is 10.8. The van der Waals surface area contributed by atoms with Crippen molar-refractivity contribution in [1.82, 2.24) is 4.98 Å². The van der Waals surface area contributed by atoms with Crippen LogP contribution in [0.1, 0.15) is 17.4 Å². The number of aromatic nitrogens is 1. The Morgan fingerprint density at radius 2 is 2.17 bits per heavy atom. The molecule has 1 rings (SSSR count). The predicted molar refractivity (Wildman–Crippen MR) is 44.1 cm³/mol. The van der Waals surface area contributed by atoms with E-state index in [-0.39, 0.29) is 17.1 Å². The fourth-order valence-corrected chi connectivity index (χ4v) is 0.791. The average molecular weight is 165 g/mol. The Labute approximate surface area is 70.0 Å². The van der Waals surface area contributed by atoms with E-state index >= 15 is 0 Å². The van der Waals surface area contributed by atoms with E-state index in [0.717, 1.165) is 0 Å². The van der Waals surface area contributed by atoms with Gasteiger partial charge in [0.15, 0.2) is 5.78 Å². The number of ketones is 1. The molecule has 0 aromatic carbocycles. The summed E-state index contributed by atoms with van der Waals surface area (Å²) in [4.78, 5) is 14.5. The SMILES string of the molecule is CC(=O)c1cccc(B(O)O)n1. The van der Waals surface area contributed by atoms with Crippen LogP contribution in [0.3, 0.4) is 0 Å². The monoisotopic (exact) mass is 165 g/mol. The van der Waals surface area contributed by atoms with E-state index < -0.39 is 7.12 Å². The lowest BCUT2D eigenvalue weighted by Crippen LogP contribution is -2.33. The number of Topliss-reactive ketones (excluding diaryl/α,β-unsaturated/α-hetero) is 1. The van der Waals surface area contributed by atoms with Gasteiger partial charge in [-0.25, -0.2) is 0 Å². The molecule has 5 heteroatoms. The second-order valence-corrected chi connectivity index (χ2v) is 2.38. The van der Waals surface area contributed by atoms with Gasteiger partial charge >= 0.3 is 7.12 Å². The number of nitrogens with zero attached hydrogens (tertiary/aromatic N) is 1. The summed E-state index contributed by atoms with van der Waals surface area (Å²) in [7, 11) is -1.62. The van der Waals surface area contributed by atoms with Crippen LogP contribution in [0.5, 0.6) is 0 Å². The summed E-state index contributed by atoms with van der Waals surface area (Å²) in [5, 5.41) is 17.4. The highest BCUT2D eigenvalue weighted by molar-refractivity contribution is 6.57. The lowest BCUT2D eigenvalue weighted by Gasteiger charge is -1.99. The zero-order valence-corrected chi connectivity index (χ0v) is 6.56. The van der Waals surface area contributed by atoms with E-state index in [2.05, 4.69) is 4.98 Å². The highest BCUT2D eigenvalue weighted by Crippen LogP contribution is 1.92. The summed E-state index contributed by atoms with van der Waals surface area (Å²) >= 11 is 0. The second kappa shape index (κ2) is 3.47. The van der Waals surface area contributed by atoms with Crippen LogP contribution in [0.4, 0.5) is 0 Å². The van der Waals surface area contributed by atoms with Crippen molar-refractivity contribution in [1.29, 1.82) is 0 Å². The maximum Gasteiger partial charge on any atom is 0.508 e. The zero-order valence-electron chi connectivity index (χ0n) is 6.56. The smallest absolute Gasteiger partial charge is 0.422 e. The Morgan fingerprint density at radius 3 is 2.67 bits per heavy atom. The van der Waals surface area contributed by atoms with E-state index in [1.807, 2.05) is 0 Å². The molecule has 2 N–H and O–H groups in total. The first-order chi connectivity index (χ1) is 5.61. The quantitative estimate of drug-likeness (QED) is 0.433. The standard InChI is InChI=1S/C7H8BNO3/c1-5(10)6-3-2-4-7(9-6)8(11)12/h2-4,11-12H,1H3. The molecule has 0 spiro atoms. The van der Waals surface area contributed by atoms with Crippen LogP contribution in [0, 0.1) is 0 Å². The van der Waals surface area contributed by atoms with Gasteiger partial charge in [0.25, 0.3) is 0 Å². The Hall–Kier alpha value is -1.20. The molecule has 0 aliphatic heterocycles. The number of pyridine rings is 1. The molecule has 0 fully saturated rings. The Balaban J connectivity index is 3.04. The van der Waals surface area contributed by atoms with Gasteiger partial charge in [-0.3, -0.25) is 9.78 Å². The van der Waals surface area contributed by atoms with Crippen molar-refractivity contribution in [3.63, 3.8) is 0 Å². The minimum absolute atomic E-state index is 0.0858. The van der Waals surface area contributed by atoms with Crippen molar-refractivity contribution < 1.29 is 14.8 Å². The van der Waals surface area contributed by atoms with Crippen molar-refractivity contribution in [2.24, 2.45) is 0 Å². The van der Waals surface area contributed by atoms with E-state index in [9.17, 15) is 4.79 Å². The van der Waals surface area contributed by atoms with E-state index in [0.29, 0.717) is 0 Å². The third-order valence-electron chi connectivity index (χ3n) is 1.40. The molecule has 62 valence electrons. The van der Waals surface area contributed by atoms with Gasteiger partial charge in [0, 0.05) is 6.92 Å². The fourth-order valence-electron chi connectivity index (χ4n) is 0.791. The largest absolute Gasteiger partial charge is 0.508 e. The Morgan fingerprint density at radius 1 is 1.50 bits per heavy atom. The van der Waals surface area contributed by atoms with E-state index in [4.69, 9.17) is 10.0 Å². The van der Waals surface area contributed by atoms with Gasteiger partial charge in [0.2, 0.25) is 0 Å². The minimum atomic E-state index is -1.62. The van der Waals surface area contributed by atoms with Crippen LogP contribution in [-0.2, 0) is 0 Å². The molecule has 0 unspecified atom stereocenters. The van der Waals surface area contributed by atoms with Gasteiger partial charge in [-0.05, 0) is 12.1 Å². The van der Waals surface area contributed by atoms with Crippen LogP contribution in [0.2, 0.25) is 0 Å². The molecule has 0 amide bonds. The topological polar surface area (TPSA) is 70.4 Å². The lowest BCUT2D eigenvalue weighted by molar-refractivity contribution is 0.101. The van der Waals surface area contributed by atoms with Crippen LogP contribution < -0.4 is 5.59 Å². The summed E-state index contributed by atoms with van der Waals surface area (Å²) in [6.45, 7) is 1.37. The molecule has 0 saturated carbocycles. The van der Waals surface area contributed by atoms with E-state index in [1.165, 1.54) is 19.1 Å². The van der Waals surface area contributed by atoms with Crippen molar-refractivity contribution in [2.75, 3.05) is 0 Å². The first-order valence-corrected chi connectivity index (χ1v) is 3.45. The third kappa shape index (κ3) is 1.90. The number of hydrogen-bond donors (Lipinski definition) is 2. The van der Waals surface area contributed by atoms with Gasteiger partial charge in [-0.2, -0.15) is 0 Å². The third-order valence-corrected chi connectivity index (χ3v) is 1.40. The molecular formula is C7H8BNO3. The first-order valence-electron chi connectivity index (χ1n) is 3.45. The summed E-state index contributed by atoms with van der Waals surface area (Å²) in [6, 6.07) is 4.52. The van der Waals surface area contributed by atoms with E-state index in [1.54, 1.807) is 6.07 Å². The number of hydrogen-bond acceptors (Lipinski definition) is 4. The summed E-state index contributed by atoms with van der Waals surface area (Å²) < 4.78 is 0. The number of carbonyl (C=O) groups excluding carboxylic acids is 1. The van der Waals surface area contributed by atoms with Gasteiger partial charge < -0.3 is 10.0 Å². The molecule has 0 aliphatic carbocycles. The minimum Gasteiger partial charge on any atom is -0.422 e. The molecule has 0 aliphatic rings. The van der Waals surface area contributed by atoms with Crippen LogP contribution >= 0.6 is 0 Å². The molecule has 12 heavy (non-hydrogen) atoms. The molecule has 0 bridgehead atoms. The molecule has 0 atom stereocenters. The molecule has 0 saturated heterocycles. The number of rotatable bonds is 2. The van der Waals surface area contributed by atoms with Crippen molar-refractivity contribution in [2.45, 2.75) is 6.92 Å². The molecule has 1 heterocycles. The van der Waals surface area contributed by atoms with Crippen molar-refractivity contribution in [3.8, 4) is 0 Å². The maximum atomic E-state index is 10.8. The normalized spacial score (nSPS) is 9.58. The van der Waals surface area contributed by atoms with Gasteiger partial charge in [-0.15, -0.1) is 0 Å². The fraction of sp³-hybridized carbons (Fsp3) is 0.143. The molecule has 4 nitrogen and oxygen atoms in total. The molecule has 0 radical (unpaired) electrons. The highest BCUT2D eigenvalue weighted by atomic mass is 16.4. The van der Waals surface area contributed by atoms with Crippen molar-refractivity contribution >= 4 is 18.5 Å². The first kappa shape index (κ1) is 8.90. The van der Waals surface area contributed by atoms with Crippen LogP contribution in [-0.4, -0.2) is 27.9 Å². The predicted octanol–water partition coefficient (Wildman–Crippen LogP) is -1.04. The second-order valence-electron chi connectivity index (χ2n) is 2.38. The molecular weight excluding hydrogens is 157 g/mol. The Kier molecular flexibility index (Phi) is 2.57. The molecule has 1 aromatic rings. The summed E-state index contributed by atoms with van der Waals surface area (Å²) in [5.41, 5.74) is 0.323. The summed E-state index contributed by atoms with van der Waals surface area (Å²) in [5.74, 6) is -0.197. The molecule has 1 aromatic heterocycles. The van der Waals surface area contributed by atoms with Gasteiger partial charge in [0.05, 0.1) is 5.59 Å². The van der Waals surface area contributed by atoms with Crippen LogP contribution in [0.25, 0.3) is 0 Å².